The highest BCUT2D eigenvalue weighted by atomic mass is 14.3. The van der Waals surface area contributed by atoms with Crippen LogP contribution in [0.5, 0.6) is 0 Å². The van der Waals surface area contributed by atoms with Crippen molar-refractivity contribution in [3.8, 4) is 0 Å². The molecule has 2 atom stereocenters. The van der Waals surface area contributed by atoms with Crippen LogP contribution in [0.3, 0.4) is 0 Å². The van der Waals surface area contributed by atoms with Crippen LogP contribution in [0, 0.1) is 29.6 Å². The van der Waals surface area contributed by atoms with Gasteiger partial charge in [0.2, 0.25) is 0 Å². The van der Waals surface area contributed by atoms with Gasteiger partial charge < -0.3 is 0 Å². The molecule has 0 aliphatic heterocycles. The maximum atomic E-state index is 2.67. The van der Waals surface area contributed by atoms with Gasteiger partial charge in [-0.05, 0) is 94.0 Å². The molecule has 0 nitrogen and oxygen atoms in total. The summed E-state index contributed by atoms with van der Waals surface area (Å²) in [5.41, 5.74) is 8.64. The Labute approximate surface area is 170 Å². The standard InChI is InChI=1S/C27H46/c1-9-23-17-21(7)27(24-11-10-12-24)26(22(8)19(4)5)16-14-20(6)25(23)15-13-18(2)3/h17-19,22-24H,9-16H2,1-8H3. The third kappa shape index (κ3) is 5.61. The lowest BCUT2D eigenvalue weighted by Gasteiger charge is -2.34. The molecule has 2 rings (SSSR count). The van der Waals surface area contributed by atoms with Crippen molar-refractivity contribution in [3.05, 3.63) is 33.9 Å². The van der Waals surface area contributed by atoms with Crippen molar-refractivity contribution < 1.29 is 0 Å². The molecule has 0 aromatic heterocycles. The van der Waals surface area contributed by atoms with E-state index in [1.807, 2.05) is 0 Å². The number of hydrogen-bond donors (Lipinski definition) is 0. The van der Waals surface area contributed by atoms with E-state index in [0.717, 1.165) is 17.8 Å². The van der Waals surface area contributed by atoms with E-state index < -0.39 is 0 Å². The lowest BCUT2D eigenvalue weighted by Crippen LogP contribution is -2.20. The molecule has 0 N–H and O–H groups in total. The molecule has 0 amide bonds. The molecule has 2 aliphatic rings. The minimum absolute atomic E-state index is 0.646. The quantitative estimate of drug-likeness (QED) is 0.392. The normalized spacial score (nSPS) is 23.9. The minimum Gasteiger partial charge on any atom is -0.0741 e. The third-order valence-corrected chi connectivity index (χ3v) is 7.48. The molecule has 0 heterocycles. The van der Waals surface area contributed by atoms with E-state index in [4.69, 9.17) is 0 Å². The van der Waals surface area contributed by atoms with Crippen LogP contribution in [0.1, 0.15) is 107 Å². The van der Waals surface area contributed by atoms with Gasteiger partial charge in [-0.15, -0.1) is 0 Å². The van der Waals surface area contributed by atoms with Gasteiger partial charge in [0.05, 0.1) is 0 Å². The molecule has 154 valence electrons. The van der Waals surface area contributed by atoms with E-state index in [2.05, 4.69) is 61.5 Å². The first-order valence-electron chi connectivity index (χ1n) is 11.9. The Morgan fingerprint density at radius 3 is 2.15 bits per heavy atom. The fraction of sp³-hybridized carbons (Fsp3) is 0.778. The molecule has 0 heteroatoms. The average molecular weight is 371 g/mol. The van der Waals surface area contributed by atoms with E-state index in [0.29, 0.717) is 11.8 Å². The first-order valence-corrected chi connectivity index (χ1v) is 11.9. The third-order valence-electron chi connectivity index (χ3n) is 7.48. The number of allylic oxidation sites excluding steroid dienone is 6. The van der Waals surface area contributed by atoms with Crippen LogP contribution in [-0.2, 0) is 0 Å². The molecule has 2 aliphatic carbocycles. The number of hydrogen-bond acceptors (Lipinski definition) is 0. The van der Waals surface area contributed by atoms with Gasteiger partial charge in [0.25, 0.3) is 0 Å². The topological polar surface area (TPSA) is 0 Å². The van der Waals surface area contributed by atoms with Crippen LogP contribution < -0.4 is 0 Å². The fourth-order valence-corrected chi connectivity index (χ4v) is 5.04. The summed E-state index contributed by atoms with van der Waals surface area (Å²) in [5.74, 6) is 3.71. The Morgan fingerprint density at radius 2 is 1.67 bits per heavy atom. The molecule has 0 radical (unpaired) electrons. The van der Waals surface area contributed by atoms with E-state index >= 15 is 0 Å². The predicted octanol–water partition coefficient (Wildman–Crippen LogP) is 8.89. The first-order chi connectivity index (χ1) is 12.8. The van der Waals surface area contributed by atoms with Gasteiger partial charge in [0.1, 0.15) is 0 Å². The van der Waals surface area contributed by atoms with Crippen molar-refractivity contribution in [1.29, 1.82) is 0 Å². The van der Waals surface area contributed by atoms with Crippen molar-refractivity contribution in [2.24, 2.45) is 29.6 Å². The molecule has 2 unspecified atom stereocenters. The summed E-state index contributed by atoms with van der Waals surface area (Å²) in [4.78, 5) is 0. The zero-order valence-corrected chi connectivity index (χ0v) is 19.6. The molecule has 0 aromatic rings. The minimum atomic E-state index is 0.646. The molecule has 1 fully saturated rings. The fourth-order valence-electron chi connectivity index (χ4n) is 5.04. The molecular weight excluding hydrogens is 324 g/mol. The summed E-state index contributed by atoms with van der Waals surface area (Å²) in [6, 6.07) is 0. The van der Waals surface area contributed by atoms with Crippen molar-refractivity contribution in [2.45, 2.75) is 107 Å². The Balaban J connectivity index is 2.48. The summed E-state index contributed by atoms with van der Waals surface area (Å²) < 4.78 is 0. The van der Waals surface area contributed by atoms with Crippen molar-refractivity contribution in [3.63, 3.8) is 0 Å². The van der Waals surface area contributed by atoms with Crippen molar-refractivity contribution in [1.82, 2.24) is 0 Å². The highest BCUT2D eigenvalue weighted by Crippen LogP contribution is 2.44. The van der Waals surface area contributed by atoms with Crippen LogP contribution in [0.25, 0.3) is 0 Å². The second-order valence-corrected chi connectivity index (χ2v) is 10.2. The van der Waals surface area contributed by atoms with Gasteiger partial charge in [-0.2, -0.15) is 0 Å². The largest absolute Gasteiger partial charge is 0.0741 e. The molecule has 0 aromatic carbocycles. The average Bonchev–Trinajstić information content (AvgIpc) is 2.60. The second kappa shape index (κ2) is 10.1. The Kier molecular flexibility index (Phi) is 8.44. The summed E-state index contributed by atoms with van der Waals surface area (Å²) in [6.07, 6.45) is 13.3. The Hall–Kier alpha value is -0.780. The highest BCUT2D eigenvalue weighted by molar-refractivity contribution is 5.41. The molecule has 27 heavy (non-hydrogen) atoms. The lowest BCUT2D eigenvalue weighted by molar-refractivity contribution is 0.358. The van der Waals surface area contributed by atoms with E-state index in [-0.39, 0.29) is 0 Å². The highest BCUT2D eigenvalue weighted by Gasteiger charge is 2.29. The first kappa shape index (κ1) is 22.5. The second-order valence-electron chi connectivity index (χ2n) is 10.2. The van der Waals surface area contributed by atoms with Gasteiger partial charge in [0.15, 0.2) is 0 Å². The van der Waals surface area contributed by atoms with Crippen molar-refractivity contribution >= 4 is 0 Å². The van der Waals surface area contributed by atoms with Gasteiger partial charge in [-0.25, -0.2) is 0 Å². The molecule has 0 bridgehead atoms. The number of rotatable bonds is 7. The van der Waals surface area contributed by atoms with Gasteiger partial charge in [-0.1, -0.05) is 76.3 Å². The summed E-state index contributed by atoms with van der Waals surface area (Å²) in [5, 5.41) is 0. The molecule has 0 saturated heterocycles. The van der Waals surface area contributed by atoms with Gasteiger partial charge in [0, 0.05) is 0 Å². The Bertz CT molecular complexity index is 577. The Morgan fingerprint density at radius 1 is 1.00 bits per heavy atom. The SMILES string of the molecule is CCC1C=C(C)C(C2CCC2)=C(C(C)C(C)C)CCC(C)=C1CCC(C)C. The monoisotopic (exact) mass is 370 g/mol. The molecule has 0 spiro atoms. The van der Waals surface area contributed by atoms with Crippen LogP contribution >= 0.6 is 0 Å². The van der Waals surface area contributed by atoms with Crippen LogP contribution in [0.4, 0.5) is 0 Å². The maximum absolute atomic E-state index is 2.67. The molecule has 1 saturated carbocycles. The van der Waals surface area contributed by atoms with E-state index in [1.165, 1.54) is 51.4 Å². The summed E-state index contributed by atoms with van der Waals surface area (Å²) in [7, 11) is 0. The maximum Gasteiger partial charge on any atom is -0.00175 e. The smallest absolute Gasteiger partial charge is 0.00175 e. The van der Waals surface area contributed by atoms with Crippen molar-refractivity contribution in [2.75, 3.05) is 0 Å². The summed E-state index contributed by atoms with van der Waals surface area (Å²) >= 11 is 0. The zero-order valence-electron chi connectivity index (χ0n) is 19.6. The van der Waals surface area contributed by atoms with Crippen LogP contribution in [0.2, 0.25) is 0 Å². The van der Waals surface area contributed by atoms with Gasteiger partial charge >= 0.3 is 0 Å². The lowest BCUT2D eigenvalue weighted by atomic mass is 9.71. The predicted molar refractivity (Wildman–Crippen MR) is 122 cm³/mol. The van der Waals surface area contributed by atoms with Crippen LogP contribution in [-0.4, -0.2) is 0 Å². The van der Waals surface area contributed by atoms with E-state index in [9.17, 15) is 0 Å². The van der Waals surface area contributed by atoms with Crippen LogP contribution in [0.15, 0.2) is 33.9 Å². The van der Waals surface area contributed by atoms with Gasteiger partial charge in [-0.3, -0.25) is 0 Å². The zero-order chi connectivity index (χ0) is 20.1. The molecular formula is C27H46. The summed E-state index contributed by atoms with van der Waals surface area (Å²) in [6.45, 7) is 19.3. The van der Waals surface area contributed by atoms with E-state index in [1.54, 1.807) is 27.9 Å².